The topological polar surface area (TPSA) is 205 Å². The molecule has 15 heteroatoms. The van der Waals surface area contributed by atoms with E-state index in [1.165, 1.54) is 37.3 Å². The Kier molecular flexibility index (Phi) is 13.4. The summed E-state index contributed by atoms with van der Waals surface area (Å²) in [5.41, 5.74) is 6.46. The lowest BCUT2D eigenvalue weighted by Gasteiger charge is -2.15. The first-order chi connectivity index (χ1) is 18.8. The molecule has 0 saturated carbocycles. The average molecular weight is 609 g/mol. The zero-order chi connectivity index (χ0) is 28.6. The van der Waals surface area contributed by atoms with Crippen LogP contribution in [0.1, 0.15) is 20.8 Å². The van der Waals surface area contributed by atoms with Crippen molar-refractivity contribution in [1.29, 1.82) is 0 Å². The van der Waals surface area contributed by atoms with E-state index in [9.17, 15) is 9.59 Å². The fraction of sp³-hybridized carbons (Fsp3) is 0.292. The Morgan fingerprint density at radius 1 is 0.923 bits per heavy atom. The van der Waals surface area contributed by atoms with Crippen LogP contribution in [0, 0.1) is 0 Å². The molecule has 0 radical (unpaired) electrons. The maximum Gasteiger partial charge on any atom is 0.274 e. The molecule has 5 aromatic rings. The molecular weight excluding hydrogens is 580 g/mol. The summed E-state index contributed by atoms with van der Waals surface area (Å²) in [4.78, 5) is 38.0. The maximum absolute atomic E-state index is 10.9. The minimum absolute atomic E-state index is 0.123. The van der Waals surface area contributed by atoms with Gasteiger partial charge in [-0.1, -0.05) is 0 Å². The van der Waals surface area contributed by atoms with E-state index in [1.54, 1.807) is 6.20 Å². The number of halogens is 1. The number of oxazole rings is 2. The highest BCUT2D eigenvalue weighted by molar-refractivity contribution is 9.10. The van der Waals surface area contributed by atoms with Crippen LogP contribution in [0.5, 0.6) is 5.75 Å². The van der Waals surface area contributed by atoms with Gasteiger partial charge in [-0.15, -0.1) is 0 Å². The van der Waals surface area contributed by atoms with Crippen LogP contribution in [-0.2, 0) is 14.2 Å². The SMILES string of the molecule is Brc1ccnc2ocnc12.CCOC(OCC)OCC.Nc1c(O)cc[nH]c1=O.O=c1cc[nH]c2ocnc12. The van der Waals surface area contributed by atoms with E-state index in [0.717, 1.165) is 9.99 Å². The first-order valence-corrected chi connectivity index (χ1v) is 12.4. The molecule has 5 rings (SSSR count). The minimum atomic E-state index is -0.472. The smallest absolute Gasteiger partial charge is 0.274 e. The van der Waals surface area contributed by atoms with E-state index in [1.807, 2.05) is 26.8 Å². The average Bonchev–Trinajstić information content (AvgIpc) is 3.60. The summed E-state index contributed by atoms with van der Waals surface area (Å²) in [6.07, 6.45) is 7.13. The third kappa shape index (κ3) is 9.97. The van der Waals surface area contributed by atoms with Gasteiger partial charge in [-0.2, -0.15) is 0 Å². The number of H-pyrrole nitrogens is 2. The number of pyridine rings is 3. The molecule has 0 aromatic carbocycles. The monoisotopic (exact) mass is 608 g/mol. The van der Waals surface area contributed by atoms with E-state index in [4.69, 9.17) is 33.9 Å². The maximum atomic E-state index is 10.9. The van der Waals surface area contributed by atoms with Crippen LogP contribution in [0.2, 0.25) is 0 Å². The Morgan fingerprint density at radius 2 is 1.54 bits per heavy atom. The van der Waals surface area contributed by atoms with Crippen LogP contribution >= 0.6 is 15.9 Å². The van der Waals surface area contributed by atoms with E-state index in [2.05, 4.69) is 40.8 Å². The van der Waals surface area contributed by atoms with Gasteiger partial charge < -0.3 is 43.9 Å². The zero-order valence-corrected chi connectivity index (χ0v) is 23.0. The molecule has 0 spiro atoms. The summed E-state index contributed by atoms with van der Waals surface area (Å²) < 4.78 is 25.9. The number of nitrogen functional groups attached to an aromatic ring is 1. The molecule has 14 nitrogen and oxygen atoms in total. The van der Waals surface area contributed by atoms with Gasteiger partial charge in [-0.25, -0.2) is 15.0 Å². The molecule has 0 unspecified atom stereocenters. The van der Waals surface area contributed by atoms with E-state index >= 15 is 0 Å². The number of nitrogens with two attached hydrogens (primary N) is 1. The van der Waals surface area contributed by atoms with Crippen LogP contribution in [0.25, 0.3) is 22.5 Å². The molecule has 0 aliphatic rings. The summed E-state index contributed by atoms with van der Waals surface area (Å²) in [5, 5.41) is 8.76. The Balaban J connectivity index is 0.000000183. The molecule has 0 aliphatic carbocycles. The van der Waals surface area contributed by atoms with Crippen LogP contribution in [-0.4, -0.2) is 56.3 Å². The van der Waals surface area contributed by atoms with Gasteiger partial charge >= 0.3 is 0 Å². The minimum Gasteiger partial charge on any atom is -0.506 e. The number of rotatable bonds is 6. The number of fused-ring (bicyclic) bond motifs is 2. The molecule has 0 bridgehead atoms. The normalized spacial score (nSPS) is 10.3. The van der Waals surface area contributed by atoms with Gasteiger partial charge in [0.25, 0.3) is 12.0 Å². The first kappa shape index (κ1) is 31.2. The predicted octanol–water partition coefficient (Wildman–Crippen LogP) is 3.54. The Morgan fingerprint density at radius 3 is 2.10 bits per heavy atom. The highest BCUT2D eigenvalue weighted by Gasteiger charge is 2.04. The van der Waals surface area contributed by atoms with Gasteiger partial charge in [-0.05, 0) is 48.8 Å². The number of anilines is 1. The van der Waals surface area contributed by atoms with Crippen molar-refractivity contribution in [3.63, 3.8) is 0 Å². The number of aromatic hydroxyl groups is 1. The fourth-order valence-electron chi connectivity index (χ4n) is 2.57. The molecule has 5 N–H and O–H groups in total. The summed E-state index contributed by atoms with van der Waals surface area (Å²) in [5.74, 6) is -0.182. The van der Waals surface area contributed by atoms with Crippen molar-refractivity contribution in [1.82, 2.24) is 24.9 Å². The third-order valence-electron chi connectivity index (χ3n) is 4.32. The van der Waals surface area contributed by atoms with Crippen LogP contribution in [0.4, 0.5) is 5.69 Å². The molecule has 0 amide bonds. The lowest BCUT2D eigenvalue weighted by atomic mass is 10.4. The molecule has 5 heterocycles. The number of nitrogens with zero attached hydrogens (tertiary/aromatic N) is 3. The van der Waals surface area contributed by atoms with Gasteiger partial charge in [0.2, 0.25) is 16.9 Å². The summed E-state index contributed by atoms with van der Waals surface area (Å²) in [6.45, 7) is 7.10. The van der Waals surface area contributed by atoms with E-state index < -0.39 is 12.0 Å². The number of hydrogen-bond donors (Lipinski definition) is 4. The predicted molar refractivity (Wildman–Crippen MR) is 146 cm³/mol. The molecule has 0 atom stereocenters. The second-order valence-electron chi connectivity index (χ2n) is 6.93. The molecule has 39 heavy (non-hydrogen) atoms. The van der Waals surface area contributed by atoms with Gasteiger partial charge in [0.05, 0.1) is 4.47 Å². The molecule has 0 fully saturated rings. The lowest BCUT2D eigenvalue weighted by Crippen LogP contribution is -2.20. The molecule has 0 saturated heterocycles. The van der Waals surface area contributed by atoms with Crippen molar-refractivity contribution in [3.8, 4) is 5.75 Å². The number of nitrogens with one attached hydrogen (secondary N) is 2. The zero-order valence-electron chi connectivity index (χ0n) is 21.4. The molecular formula is C24H29BrN6O8. The van der Waals surface area contributed by atoms with Gasteiger partial charge in [0, 0.05) is 44.5 Å². The third-order valence-corrected chi connectivity index (χ3v) is 4.96. The lowest BCUT2D eigenvalue weighted by molar-refractivity contribution is -0.282. The number of hydrogen-bond acceptors (Lipinski definition) is 12. The summed E-state index contributed by atoms with van der Waals surface area (Å²) in [7, 11) is 0. The van der Waals surface area contributed by atoms with Crippen molar-refractivity contribution < 1.29 is 28.2 Å². The van der Waals surface area contributed by atoms with Crippen molar-refractivity contribution in [2.24, 2.45) is 0 Å². The molecule has 0 aliphatic heterocycles. The highest BCUT2D eigenvalue weighted by atomic mass is 79.9. The van der Waals surface area contributed by atoms with Crippen LogP contribution in [0.15, 0.2) is 72.5 Å². The fourth-order valence-corrected chi connectivity index (χ4v) is 2.96. The Labute approximate surface area is 230 Å². The van der Waals surface area contributed by atoms with E-state index in [0.29, 0.717) is 36.8 Å². The second-order valence-corrected chi connectivity index (χ2v) is 7.79. The standard InChI is InChI=1S/C7H16O3.C6H3BrN2O.C6H4N2O2.C5H6N2O2/c1-4-8-7(9-5-2)10-6-3;7-4-1-2-8-6-5(4)9-3-10-6;9-4-1-2-7-6-5(4)8-3-10-6;6-4-3(8)1-2-7-5(4)9/h7H,4-6H2,1-3H3;1-3H;1-3H,(H,7,9);1-2H,6H2,(H2,7,8,9). The molecule has 5 aromatic heterocycles. The first-order valence-electron chi connectivity index (χ1n) is 11.6. The number of aromatic nitrogens is 5. The van der Waals surface area contributed by atoms with E-state index in [-0.39, 0.29) is 16.9 Å². The van der Waals surface area contributed by atoms with Gasteiger partial charge in [0.15, 0.2) is 18.3 Å². The summed E-state index contributed by atoms with van der Waals surface area (Å²) >= 11 is 3.31. The second kappa shape index (κ2) is 16.7. The number of ether oxygens (including phenoxy) is 3. The van der Waals surface area contributed by atoms with Crippen molar-refractivity contribution in [2.75, 3.05) is 25.6 Å². The van der Waals surface area contributed by atoms with Gasteiger partial charge in [0.1, 0.15) is 17.0 Å². The quantitative estimate of drug-likeness (QED) is 0.204. The largest absolute Gasteiger partial charge is 0.506 e. The van der Waals surface area contributed by atoms with Crippen molar-refractivity contribution >= 4 is 44.1 Å². The number of aromatic amines is 2. The van der Waals surface area contributed by atoms with Crippen LogP contribution in [0.3, 0.4) is 0 Å². The summed E-state index contributed by atoms with van der Waals surface area (Å²) in [6, 6.07) is 4.55. The molecule has 210 valence electrons. The van der Waals surface area contributed by atoms with Crippen LogP contribution < -0.4 is 16.7 Å². The highest BCUT2D eigenvalue weighted by Crippen LogP contribution is 2.19. The van der Waals surface area contributed by atoms with Crippen molar-refractivity contribution in [2.45, 2.75) is 27.2 Å². The van der Waals surface area contributed by atoms with Crippen molar-refractivity contribution in [3.05, 3.63) is 74.6 Å². The van der Waals surface area contributed by atoms with Gasteiger partial charge in [-0.3, -0.25) is 9.59 Å². The Bertz CT molecular complexity index is 1500. The Hall–Kier alpha value is -4.05.